The van der Waals surface area contributed by atoms with E-state index in [1.165, 1.54) is 6.07 Å². The average molecular weight is 389 g/mol. The standard InChI is InChI=1S/C21H25F2N3O2/c1-3-24-21(27)14(2)15-7-9-16(10-8-15)28-17-11-12-26(13-17)19-6-4-5-18(25-19)20(22)23/h4-10,14,17,20H,3,11-13H2,1-2H3,(H,24,27). The molecule has 7 heteroatoms. The predicted molar refractivity (Wildman–Crippen MR) is 104 cm³/mol. The van der Waals surface area contributed by atoms with E-state index in [1.807, 2.05) is 43.0 Å². The first-order valence-corrected chi connectivity index (χ1v) is 9.52. The first-order valence-electron chi connectivity index (χ1n) is 9.52. The van der Waals surface area contributed by atoms with Crippen molar-refractivity contribution >= 4 is 11.7 Å². The van der Waals surface area contributed by atoms with E-state index >= 15 is 0 Å². The van der Waals surface area contributed by atoms with Crippen molar-refractivity contribution in [2.75, 3.05) is 24.5 Å². The molecule has 0 saturated carbocycles. The Kier molecular flexibility index (Phi) is 6.44. The molecule has 1 saturated heterocycles. The summed E-state index contributed by atoms with van der Waals surface area (Å²) >= 11 is 0. The number of carbonyl (C=O) groups is 1. The molecule has 1 N–H and O–H groups in total. The molecule has 28 heavy (non-hydrogen) atoms. The van der Waals surface area contributed by atoms with Gasteiger partial charge in [0, 0.05) is 19.5 Å². The lowest BCUT2D eigenvalue weighted by molar-refractivity contribution is -0.122. The monoisotopic (exact) mass is 389 g/mol. The van der Waals surface area contributed by atoms with Crippen molar-refractivity contribution in [2.45, 2.75) is 38.7 Å². The van der Waals surface area contributed by atoms with E-state index in [9.17, 15) is 13.6 Å². The van der Waals surface area contributed by atoms with Crippen molar-refractivity contribution in [1.82, 2.24) is 10.3 Å². The van der Waals surface area contributed by atoms with Gasteiger partial charge in [0.25, 0.3) is 6.43 Å². The molecule has 0 bridgehead atoms. The number of anilines is 1. The predicted octanol–water partition coefficient (Wildman–Crippen LogP) is 3.92. The van der Waals surface area contributed by atoms with Gasteiger partial charge < -0.3 is 15.0 Å². The number of likely N-dealkylation sites (N-methyl/N-ethyl adjacent to an activating group) is 1. The zero-order valence-corrected chi connectivity index (χ0v) is 16.1. The Hall–Kier alpha value is -2.70. The lowest BCUT2D eigenvalue weighted by atomic mass is 10.0. The van der Waals surface area contributed by atoms with Crippen LogP contribution in [0.5, 0.6) is 5.75 Å². The van der Waals surface area contributed by atoms with Crippen LogP contribution in [-0.2, 0) is 4.79 Å². The Bertz CT molecular complexity index is 798. The molecule has 2 aromatic rings. The third-order valence-corrected chi connectivity index (χ3v) is 4.88. The maximum atomic E-state index is 12.8. The highest BCUT2D eigenvalue weighted by Gasteiger charge is 2.26. The van der Waals surface area contributed by atoms with E-state index in [4.69, 9.17) is 4.74 Å². The quantitative estimate of drug-likeness (QED) is 0.780. The Balaban J connectivity index is 1.58. The van der Waals surface area contributed by atoms with Gasteiger partial charge in [-0.3, -0.25) is 4.79 Å². The molecule has 2 unspecified atom stereocenters. The van der Waals surface area contributed by atoms with Gasteiger partial charge in [-0.1, -0.05) is 18.2 Å². The number of aromatic nitrogens is 1. The van der Waals surface area contributed by atoms with Crippen molar-refractivity contribution < 1.29 is 18.3 Å². The summed E-state index contributed by atoms with van der Waals surface area (Å²) in [7, 11) is 0. The van der Waals surface area contributed by atoms with Crippen molar-refractivity contribution in [3.8, 4) is 5.75 Å². The van der Waals surface area contributed by atoms with Gasteiger partial charge in [-0.15, -0.1) is 0 Å². The van der Waals surface area contributed by atoms with Crippen molar-refractivity contribution in [3.05, 3.63) is 53.7 Å². The number of hydrogen-bond donors (Lipinski definition) is 1. The summed E-state index contributed by atoms with van der Waals surface area (Å²) in [5, 5.41) is 2.82. The molecule has 3 rings (SSSR count). The minimum atomic E-state index is -2.57. The van der Waals surface area contributed by atoms with Crippen LogP contribution in [0.25, 0.3) is 0 Å². The maximum absolute atomic E-state index is 12.8. The van der Waals surface area contributed by atoms with Crippen LogP contribution in [0.3, 0.4) is 0 Å². The summed E-state index contributed by atoms with van der Waals surface area (Å²) in [6.45, 7) is 5.67. The van der Waals surface area contributed by atoms with E-state index in [2.05, 4.69) is 10.3 Å². The Morgan fingerprint density at radius 3 is 2.71 bits per heavy atom. The summed E-state index contributed by atoms with van der Waals surface area (Å²) in [5.74, 6) is 1.06. The topological polar surface area (TPSA) is 54.5 Å². The Morgan fingerprint density at radius 1 is 1.29 bits per heavy atom. The first kappa shape index (κ1) is 20.0. The number of pyridine rings is 1. The van der Waals surface area contributed by atoms with Crippen LogP contribution in [0.15, 0.2) is 42.5 Å². The third kappa shape index (κ3) is 4.77. The summed E-state index contributed by atoms with van der Waals surface area (Å²) in [4.78, 5) is 17.9. The van der Waals surface area contributed by atoms with Crippen molar-refractivity contribution in [3.63, 3.8) is 0 Å². The zero-order valence-electron chi connectivity index (χ0n) is 16.1. The van der Waals surface area contributed by atoms with Gasteiger partial charge in [0.15, 0.2) is 0 Å². The Labute approximate surface area is 163 Å². The van der Waals surface area contributed by atoms with Crippen LogP contribution in [0.2, 0.25) is 0 Å². The van der Waals surface area contributed by atoms with Gasteiger partial charge in [0.1, 0.15) is 23.4 Å². The van der Waals surface area contributed by atoms with Gasteiger partial charge in [-0.05, 0) is 43.7 Å². The molecule has 150 valence electrons. The first-order chi connectivity index (χ1) is 13.5. The maximum Gasteiger partial charge on any atom is 0.280 e. The number of benzene rings is 1. The molecule has 2 atom stereocenters. The number of ether oxygens (including phenoxy) is 1. The van der Waals surface area contributed by atoms with Crippen LogP contribution < -0.4 is 15.0 Å². The second-order valence-corrected chi connectivity index (χ2v) is 6.88. The number of nitrogens with one attached hydrogen (secondary N) is 1. The van der Waals surface area contributed by atoms with Gasteiger partial charge in [-0.2, -0.15) is 0 Å². The molecule has 1 aliphatic rings. The summed E-state index contributed by atoms with van der Waals surface area (Å²) < 4.78 is 31.7. The smallest absolute Gasteiger partial charge is 0.280 e. The molecule has 2 heterocycles. The van der Waals surface area contributed by atoms with E-state index < -0.39 is 6.43 Å². The van der Waals surface area contributed by atoms with Crippen LogP contribution in [0, 0.1) is 0 Å². The number of alkyl halides is 2. The van der Waals surface area contributed by atoms with Crippen molar-refractivity contribution in [1.29, 1.82) is 0 Å². The van der Waals surface area contributed by atoms with Crippen LogP contribution in [0.1, 0.15) is 43.9 Å². The largest absolute Gasteiger partial charge is 0.489 e. The summed E-state index contributed by atoms with van der Waals surface area (Å²) in [6, 6.07) is 12.2. The van der Waals surface area contributed by atoms with E-state index in [1.54, 1.807) is 12.1 Å². The van der Waals surface area contributed by atoms with Gasteiger partial charge in [0.2, 0.25) is 5.91 Å². The highest BCUT2D eigenvalue weighted by atomic mass is 19.3. The molecular formula is C21H25F2N3O2. The lowest BCUT2D eigenvalue weighted by Gasteiger charge is -2.19. The van der Waals surface area contributed by atoms with Crippen LogP contribution in [0.4, 0.5) is 14.6 Å². The number of nitrogens with zero attached hydrogens (tertiary/aromatic N) is 2. The molecular weight excluding hydrogens is 364 g/mol. The average Bonchev–Trinajstić information content (AvgIpc) is 3.17. The third-order valence-electron chi connectivity index (χ3n) is 4.88. The van der Waals surface area contributed by atoms with Gasteiger partial charge in [0.05, 0.1) is 12.5 Å². The van der Waals surface area contributed by atoms with Crippen LogP contribution in [-0.4, -0.2) is 36.6 Å². The van der Waals surface area contributed by atoms with E-state index in [-0.39, 0.29) is 23.6 Å². The number of rotatable bonds is 7. The fourth-order valence-corrected chi connectivity index (χ4v) is 3.28. The second-order valence-electron chi connectivity index (χ2n) is 6.88. The summed E-state index contributed by atoms with van der Waals surface area (Å²) in [6.07, 6.45) is -1.82. The summed E-state index contributed by atoms with van der Waals surface area (Å²) in [5.41, 5.74) is 0.720. The molecule has 1 aliphatic heterocycles. The number of amides is 1. The molecule has 1 fully saturated rings. The highest BCUT2D eigenvalue weighted by Crippen LogP contribution is 2.26. The molecule has 0 spiro atoms. The molecule has 1 amide bonds. The lowest BCUT2D eigenvalue weighted by Crippen LogP contribution is -2.27. The molecule has 5 nitrogen and oxygen atoms in total. The van der Waals surface area contributed by atoms with Gasteiger partial charge >= 0.3 is 0 Å². The van der Waals surface area contributed by atoms with E-state index in [0.717, 1.165) is 17.7 Å². The van der Waals surface area contributed by atoms with Gasteiger partial charge in [-0.25, -0.2) is 13.8 Å². The highest BCUT2D eigenvalue weighted by molar-refractivity contribution is 5.83. The molecule has 1 aromatic heterocycles. The second kappa shape index (κ2) is 8.99. The zero-order chi connectivity index (χ0) is 20.1. The fraction of sp³-hybridized carbons (Fsp3) is 0.429. The molecule has 0 aliphatic carbocycles. The van der Waals surface area contributed by atoms with E-state index in [0.29, 0.717) is 25.5 Å². The fourth-order valence-electron chi connectivity index (χ4n) is 3.28. The number of hydrogen-bond acceptors (Lipinski definition) is 4. The van der Waals surface area contributed by atoms with Crippen molar-refractivity contribution in [2.24, 2.45) is 0 Å². The minimum Gasteiger partial charge on any atom is -0.489 e. The Morgan fingerprint density at radius 2 is 2.04 bits per heavy atom. The van der Waals surface area contributed by atoms with Crippen LogP contribution >= 0.6 is 0 Å². The molecule has 0 radical (unpaired) electrons. The number of halogens is 2. The molecule has 1 aromatic carbocycles. The minimum absolute atomic E-state index is 0.00105. The normalized spacial score (nSPS) is 17.6. The SMILES string of the molecule is CCNC(=O)C(C)c1ccc(OC2CCN(c3cccc(C(F)F)n3)C2)cc1. The number of carbonyl (C=O) groups excluding carboxylic acids is 1.